The van der Waals surface area contributed by atoms with Crippen molar-refractivity contribution in [1.29, 1.82) is 0 Å². The highest BCUT2D eigenvalue weighted by atomic mass is 32.5. The SMILES string of the molecule is CCCCCCCCCc1ccc(OP(=S)(Oc2ccc(CCCCCCCCC)cc2)Oc2ccc(CCCCCCCCC)cc2)cc1.S=P(Oc1ccccc1)(Oc1ccccc1)Oc1ccccc1. The van der Waals surface area contributed by atoms with E-state index < -0.39 is 13.4 Å². The first kappa shape index (κ1) is 59.3. The van der Waals surface area contributed by atoms with Crippen LogP contribution in [0.3, 0.4) is 0 Å². The molecule has 6 rings (SSSR count). The van der Waals surface area contributed by atoms with Crippen molar-refractivity contribution < 1.29 is 27.1 Å². The van der Waals surface area contributed by atoms with Crippen molar-refractivity contribution >= 4 is 37.1 Å². The largest absolute Gasteiger partial charge is 0.490 e. The molecule has 0 atom stereocenters. The number of benzene rings is 6. The lowest BCUT2D eigenvalue weighted by atomic mass is 10.0. The fourth-order valence-electron chi connectivity index (χ4n) is 8.34. The second-order valence-corrected chi connectivity index (χ2v) is 24.5. The van der Waals surface area contributed by atoms with Crippen LogP contribution in [0.15, 0.2) is 164 Å². The van der Waals surface area contributed by atoms with E-state index in [1.165, 1.54) is 152 Å². The third kappa shape index (κ3) is 25.5. The van der Waals surface area contributed by atoms with Gasteiger partial charge in [0.1, 0.15) is 34.5 Å². The minimum atomic E-state index is -3.22. The topological polar surface area (TPSA) is 55.4 Å². The Bertz CT molecular complexity index is 2130. The van der Waals surface area contributed by atoms with Gasteiger partial charge in [-0.15, -0.1) is 0 Å². The van der Waals surface area contributed by atoms with E-state index in [-0.39, 0.29) is 0 Å². The molecule has 0 aliphatic rings. The highest BCUT2D eigenvalue weighted by Gasteiger charge is 2.28. The first-order valence-electron chi connectivity index (χ1n) is 27.6. The molecule has 0 radical (unpaired) electrons. The zero-order valence-corrected chi connectivity index (χ0v) is 47.6. The highest BCUT2D eigenvalue weighted by Crippen LogP contribution is 2.51. The van der Waals surface area contributed by atoms with Crippen LogP contribution in [0.5, 0.6) is 34.5 Å². The smallest absolute Gasteiger partial charge is 0.407 e. The number of hydrogen-bond donors (Lipinski definition) is 0. The number of unbranched alkanes of at least 4 members (excludes halogenated alkanes) is 18. The van der Waals surface area contributed by atoms with Gasteiger partial charge in [0, 0.05) is 23.6 Å². The van der Waals surface area contributed by atoms with Crippen LogP contribution in [-0.2, 0) is 42.9 Å². The quantitative estimate of drug-likeness (QED) is 0.0285. The summed E-state index contributed by atoms with van der Waals surface area (Å²) in [5.41, 5.74) is 3.98. The molecule has 0 unspecified atom stereocenters. The van der Waals surface area contributed by atoms with Gasteiger partial charge in [0.2, 0.25) is 0 Å². The third-order valence-electron chi connectivity index (χ3n) is 12.5. The van der Waals surface area contributed by atoms with Crippen LogP contribution in [0.25, 0.3) is 0 Å². The molecule has 0 aliphatic carbocycles. The van der Waals surface area contributed by atoms with Crippen LogP contribution in [0.2, 0.25) is 0 Å². The van der Waals surface area contributed by atoms with E-state index in [1.54, 1.807) is 0 Å². The lowest BCUT2D eigenvalue weighted by Gasteiger charge is -2.23. The number of para-hydroxylation sites is 3. The van der Waals surface area contributed by atoms with Crippen LogP contribution >= 0.6 is 13.4 Å². The second kappa shape index (κ2) is 35.6. The highest BCUT2D eigenvalue weighted by molar-refractivity contribution is 8.08. The summed E-state index contributed by atoms with van der Waals surface area (Å²) in [6.45, 7) is 0.549. The minimum absolute atomic E-state index is 0.614. The molecule has 0 saturated carbocycles. The standard InChI is InChI=1S/C45H69O3PS.C18H15O3PS/c1-4-7-10-13-16-19-22-25-40-28-34-43(35-29-40)46-49(50,47-44-36-30-41(31-37-44)26-23-20-17-14-11-8-5-2)48-45-38-32-42(33-39-45)27-24-21-18-15-12-9-6-3;23-22(19-16-10-4-1-5-11-16,20-17-12-6-2-7-13-17)21-18-14-8-3-9-15-18/h28-39H,4-27H2,1-3H3;1-15H. The van der Waals surface area contributed by atoms with Crippen molar-refractivity contribution in [3.8, 4) is 34.5 Å². The van der Waals surface area contributed by atoms with Gasteiger partial charge in [0.25, 0.3) is 0 Å². The molecule has 6 nitrogen and oxygen atoms in total. The Labute approximate surface area is 451 Å². The maximum atomic E-state index is 6.43. The van der Waals surface area contributed by atoms with Gasteiger partial charge in [-0.25, -0.2) is 0 Å². The average molecular weight is 1060 g/mol. The van der Waals surface area contributed by atoms with Crippen LogP contribution in [0.1, 0.15) is 172 Å². The molecule has 0 aromatic heterocycles. The van der Waals surface area contributed by atoms with Crippen LogP contribution in [-0.4, -0.2) is 0 Å². The molecule has 0 heterocycles. The Hall–Kier alpha value is -4.58. The molecular formula is C63H84O6P2S2. The van der Waals surface area contributed by atoms with E-state index in [4.69, 9.17) is 50.8 Å². The summed E-state index contributed by atoms with van der Waals surface area (Å²) in [5, 5.41) is 0. The van der Waals surface area contributed by atoms with Crippen molar-refractivity contribution in [2.24, 2.45) is 0 Å². The Balaban J connectivity index is 0.000000354. The van der Waals surface area contributed by atoms with Crippen molar-refractivity contribution in [1.82, 2.24) is 0 Å². The lowest BCUT2D eigenvalue weighted by Crippen LogP contribution is -2.07. The van der Waals surface area contributed by atoms with Gasteiger partial charge < -0.3 is 27.1 Å². The van der Waals surface area contributed by atoms with E-state index >= 15 is 0 Å². The normalized spacial score (nSPS) is 11.3. The average Bonchev–Trinajstić information content (AvgIpc) is 3.40. The zero-order chi connectivity index (χ0) is 51.5. The van der Waals surface area contributed by atoms with E-state index in [0.29, 0.717) is 34.5 Å². The van der Waals surface area contributed by atoms with Gasteiger partial charge in [-0.05, 0) is 128 Å². The predicted molar refractivity (Wildman–Crippen MR) is 316 cm³/mol. The Morgan fingerprint density at radius 2 is 0.438 bits per heavy atom. The number of hydrogen-bond acceptors (Lipinski definition) is 8. The summed E-state index contributed by atoms with van der Waals surface area (Å²) in [5.74, 6) is 3.89. The van der Waals surface area contributed by atoms with E-state index in [9.17, 15) is 0 Å². The summed E-state index contributed by atoms with van der Waals surface area (Å²) in [7, 11) is 0. The fraction of sp³-hybridized carbons (Fsp3) is 0.429. The monoisotopic (exact) mass is 1060 g/mol. The van der Waals surface area contributed by atoms with E-state index in [2.05, 4.69) is 57.2 Å². The Morgan fingerprint density at radius 3 is 0.658 bits per heavy atom. The van der Waals surface area contributed by atoms with Gasteiger partial charge in [-0.3, -0.25) is 0 Å². The molecule has 394 valence electrons. The second-order valence-electron chi connectivity index (χ2n) is 18.9. The molecule has 0 N–H and O–H groups in total. The molecule has 0 saturated heterocycles. The molecule has 0 amide bonds. The first-order valence-corrected chi connectivity index (χ1v) is 32.7. The molecule has 6 aromatic carbocycles. The van der Waals surface area contributed by atoms with Crippen molar-refractivity contribution in [2.45, 2.75) is 175 Å². The van der Waals surface area contributed by atoms with Gasteiger partial charge in [0.05, 0.1) is 0 Å². The molecule has 0 fully saturated rings. The number of rotatable bonds is 36. The van der Waals surface area contributed by atoms with Crippen LogP contribution < -0.4 is 27.1 Å². The summed E-state index contributed by atoms with van der Waals surface area (Å²) in [6, 6.07) is 52.9. The number of aryl methyl sites for hydroxylation is 3. The molecule has 10 heteroatoms. The molecule has 0 spiro atoms. The van der Waals surface area contributed by atoms with Gasteiger partial charge in [-0.2, -0.15) is 0 Å². The maximum Gasteiger partial charge on any atom is 0.490 e. The predicted octanol–water partition coefficient (Wildman–Crippen LogP) is 20.8. The van der Waals surface area contributed by atoms with Crippen molar-refractivity contribution in [3.63, 3.8) is 0 Å². The van der Waals surface area contributed by atoms with Gasteiger partial charge in [-0.1, -0.05) is 227 Å². The lowest BCUT2D eigenvalue weighted by molar-refractivity contribution is 0.383. The molecular weight excluding hydrogens is 979 g/mol. The van der Waals surface area contributed by atoms with Gasteiger partial charge >= 0.3 is 13.4 Å². The third-order valence-corrected chi connectivity index (χ3v) is 16.5. The summed E-state index contributed by atoms with van der Waals surface area (Å²) in [4.78, 5) is 0. The van der Waals surface area contributed by atoms with Crippen LogP contribution in [0.4, 0.5) is 0 Å². The maximum absolute atomic E-state index is 6.43. The van der Waals surface area contributed by atoms with Crippen LogP contribution in [0, 0.1) is 0 Å². The van der Waals surface area contributed by atoms with E-state index in [1.807, 2.05) is 127 Å². The molecule has 73 heavy (non-hydrogen) atoms. The summed E-state index contributed by atoms with van der Waals surface area (Å²) >= 11 is 11.7. The van der Waals surface area contributed by atoms with E-state index in [0.717, 1.165) is 19.3 Å². The summed E-state index contributed by atoms with van der Waals surface area (Å²) in [6.07, 6.45) is 31.0. The first-order chi connectivity index (χ1) is 35.8. The van der Waals surface area contributed by atoms with Crippen molar-refractivity contribution in [3.05, 3.63) is 180 Å². The zero-order valence-electron chi connectivity index (χ0n) is 44.2. The molecule has 6 aromatic rings. The Morgan fingerprint density at radius 1 is 0.247 bits per heavy atom. The summed E-state index contributed by atoms with van der Waals surface area (Å²) < 4.78 is 37.0. The van der Waals surface area contributed by atoms with Crippen molar-refractivity contribution in [2.75, 3.05) is 0 Å². The molecule has 0 bridgehead atoms. The Kier molecular flexibility index (Phi) is 28.9. The van der Waals surface area contributed by atoms with Gasteiger partial charge in [0.15, 0.2) is 0 Å². The minimum Gasteiger partial charge on any atom is -0.407 e. The molecule has 0 aliphatic heterocycles. The fourth-order valence-corrected chi connectivity index (χ4v) is 12.4.